The van der Waals surface area contributed by atoms with Gasteiger partial charge in [0, 0.05) is 28.9 Å². The molecule has 0 aliphatic rings. The highest BCUT2D eigenvalue weighted by molar-refractivity contribution is 5.88. The van der Waals surface area contributed by atoms with Crippen LogP contribution in [0.1, 0.15) is 37.5 Å². The molecule has 0 bridgehead atoms. The second-order valence-electron chi connectivity index (χ2n) is 5.75. The Balaban J connectivity index is 2.69. The molecular formula is C15H17O3-. The van der Waals surface area contributed by atoms with E-state index in [1.54, 1.807) is 0 Å². The molecule has 0 atom stereocenters. The topological polar surface area (TPSA) is 53.3 Å². The molecule has 0 aliphatic heterocycles. The van der Waals surface area contributed by atoms with Gasteiger partial charge in [0.25, 0.3) is 0 Å². The summed E-state index contributed by atoms with van der Waals surface area (Å²) in [6, 6.07) is 4.06. The van der Waals surface area contributed by atoms with Crippen molar-refractivity contribution >= 4 is 16.9 Å². The summed E-state index contributed by atoms with van der Waals surface area (Å²) < 4.78 is 5.57. The first-order valence-electron chi connectivity index (χ1n) is 6.00. The van der Waals surface area contributed by atoms with Crippen molar-refractivity contribution in [3.05, 3.63) is 35.1 Å². The molecule has 2 aromatic rings. The predicted molar refractivity (Wildman–Crippen MR) is 68.4 cm³/mol. The maximum atomic E-state index is 10.7. The van der Waals surface area contributed by atoms with Crippen molar-refractivity contribution in [1.82, 2.24) is 0 Å². The number of aliphatic carboxylic acids is 1. The molecule has 0 saturated carbocycles. The van der Waals surface area contributed by atoms with Gasteiger partial charge in [0.15, 0.2) is 0 Å². The zero-order chi connectivity index (χ0) is 13.5. The third-order valence-electron chi connectivity index (χ3n) is 3.04. The molecule has 0 N–H and O–H groups in total. The minimum absolute atomic E-state index is 0.0408. The van der Waals surface area contributed by atoms with Gasteiger partial charge in [0.1, 0.15) is 5.58 Å². The Labute approximate surface area is 106 Å². The van der Waals surface area contributed by atoms with Gasteiger partial charge in [0.2, 0.25) is 0 Å². The predicted octanol–water partition coefficient (Wildman–Crippen LogP) is 2.33. The summed E-state index contributed by atoms with van der Waals surface area (Å²) in [6.45, 7) is 8.34. The van der Waals surface area contributed by atoms with Gasteiger partial charge < -0.3 is 14.3 Å². The van der Waals surface area contributed by atoms with Crippen molar-refractivity contribution < 1.29 is 14.3 Å². The average molecular weight is 245 g/mol. The SMILES string of the molecule is Cc1cc(C(C)(C)C)c2occ(CC(=O)[O-])c2c1. The molecule has 96 valence electrons. The lowest BCUT2D eigenvalue weighted by atomic mass is 9.84. The van der Waals surface area contributed by atoms with Crippen LogP contribution in [-0.2, 0) is 16.6 Å². The molecule has 0 fully saturated rings. The zero-order valence-corrected chi connectivity index (χ0v) is 11.2. The largest absolute Gasteiger partial charge is 0.550 e. The number of carboxylic acid groups (broad SMARTS) is 1. The Hall–Kier alpha value is -1.77. The number of hydrogen-bond donors (Lipinski definition) is 0. The number of carbonyl (C=O) groups excluding carboxylic acids is 1. The Morgan fingerprint density at radius 1 is 1.33 bits per heavy atom. The minimum atomic E-state index is -1.09. The van der Waals surface area contributed by atoms with Gasteiger partial charge in [-0.2, -0.15) is 0 Å². The smallest absolute Gasteiger partial charge is 0.137 e. The van der Waals surface area contributed by atoms with Crippen molar-refractivity contribution in [1.29, 1.82) is 0 Å². The van der Waals surface area contributed by atoms with Gasteiger partial charge in [-0.25, -0.2) is 0 Å². The number of benzene rings is 1. The number of furan rings is 1. The molecule has 0 unspecified atom stereocenters. The number of fused-ring (bicyclic) bond motifs is 1. The van der Waals surface area contributed by atoms with Crippen molar-refractivity contribution in [3.8, 4) is 0 Å². The summed E-state index contributed by atoms with van der Waals surface area (Å²) >= 11 is 0. The minimum Gasteiger partial charge on any atom is -0.550 e. The summed E-state index contributed by atoms with van der Waals surface area (Å²) in [4.78, 5) is 10.7. The third-order valence-corrected chi connectivity index (χ3v) is 3.04. The lowest BCUT2D eigenvalue weighted by Gasteiger charge is -2.20. The number of carboxylic acids is 1. The molecule has 3 nitrogen and oxygen atoms in total. The van der Waals surface area contributed by atoms with Crippen molar-refractivity contribution in [2.45, 2.75) is 39.5 Å². The molecule has 18 heavy (non-hydrogen) atoms. The standard InChI is InChI=1S/C15H18O3/c1-9-5-11-10(7-13(16)17)8-18-14(11)12(6-9)15(2,3)4/h5-6,8H,7H2,1-4H3,(H,16,17)/p-1. The third kappa shape index (κ3) is 2.26. The monoisotopic (exact) mass is 245 g/mol. The number of carbonyl (C=O) groups is 1. The van der Waals surface area contributed by atoms with Gasteiger partial charge in [-0.3, -0.25) is 0 Å². The lowest BCUT2D eigenvalue weighted by molar-refractivity contribution is -0.304. The van der Waals surface area contributed by atoms with Crippen molar-refractivity contribution in [3.63, 3.8) is 0 Å². The Kier molecular flexibility index (Phi) is 2.93. The van der Waals surface area contributed by atoms with Crippen LogP contribution in [-0.4, -0.2) is 5.97 Å². The summed E-state index contributed by atoms with van der Waals surface area (Å²) in [5.74, 6) is -1.09. The fourth-order valence-electron chi connectivity index (χ4n) is 2.18. The molecule has 0 aliphatic carbocycles. The average Bonchev–Trinajstić information content (AvgIpc) is 2.58. The second kappa shape index (κ2) is 4.16. The summed E-state index contributed by atoms with van der Waals surface area (Å²) in [5, 5.41) is 11.6. The quantitative estimate of drug-likeness (QED) is 0.816. The van der Waals surface area contributed by atoms with Crippen LogP contribution in [0, 0.1) is 6.92 Å². The van der Waals surface area contributed by atoms with Crippen LogP contribution in [0.15, 0.2) is 22.8 Å². The first-order valence-corrected chi connectivity index (χ1v) is 6.00. The van der Waals surface area contributed by atoms with Crippen LogP contribution in [0.5, 0.6) is 0 Å². The fourth-order valence-corrected chi connectivity index (χ4v) is 2.18. The highest BCUT2D eigenvalue weighted by Crippen LogP contribution is 2.33. The molecule has 0 radical (unpaired) electrons. The zero-order valence-electron chi connectivity index (χ0n) is 11.2. The van der Waals surface area contributed by atoms with Crippen molar-refractivity contribution in [2.75, 3.05) is 0 Å². The first kappa shape index (κ1) is 12.7. The van der Waals surface area contributed by atoms with E-state index in [9.17, 15) is 9.90 Å². The van der Waals surface area contributed by atoms with E-state index in [2.05, 4.69) is 26.8 Å². The highest BCUT2D eigenvalue weighted by atomic mass is 16.4. The van der Waals surface area contributed by atoms with E-state index >= 15 is 0 Å². The molecule has 0 saturated heterocycles. The van der Waals surface area contributed by atoms with E-state index in [-0.39, 0.29) is 11.8 Å². The Morgan fingerprint density at radius 2 is 2.00 bits per heavy atom. The molecule has 0 amide bonds. The van der Waals surface area contributed by atoms with Crippen LogP contribution in [0.25, 0.3) is 11.0 Å². The molecule has 1 heterocycles. The Bertz CT molecular complexity index is 600. The van der Waals surface area contributed by atoms with Gasteiger partial charge in [0.05, 0.1) is 6.26 Å². The second-order valence-corrected chi connectivity index (χ2v) is 5.75. The van der Waals surface area contributed by atoms with Gasteiger partial charge in [-0.1, -0.05) is 26.8 Å². The molecule has 1 aromatic heterocycles. The van der Waals surface area contributed by atoms with Crippen LogP contribution in [0.4, 0.5) is 0 Å². The molecule has 3 heteroatoms. The maximum Gasteiger partial charge on any atom is 0.137 e. The normalized spacial score (nSPS) is 12.0. The van der Waals surface area contributed by atoms with Crippen LogP contribution >= 0.6 is 0 Å². The number of aryl methyl sites for hydroxylation is 1. The van der Waals surface area contributed by atoms with Crippen LogP contribution in [0.3, 0.4) is 0 Å². The lowest BCUT2D eigenvalue weighted by Crippen LogP contribution is -2.24. The van der Waals surface area contributed by atoms with Gasteiger partial charge in [-0.15, -0.1) is 0 Å². The molecule has 2 rings (SSSR count). The number of hydrogen-bond acceptors (Lipinski definition) is 3. The van der Waals surface area contributed by atoms with E-state index in [0.717, 1.165) is 22.1 Å². The number of rotatable bonds is 2. The highest BCUT2D eigenvalue weighted by Gasteiger charge is 2.21. The van der Waals surface area contributed by atoms with Crippen molar-refractivity contribution in [2.24, 2.45) is 0 Å². The summed E-state index contributed by atoms with van der Waals surface area (Å²) in [7, 11) is 0. The maximum absolute atomic E-state index is 10.7. The molecular weight excluding hydrogens is 228 g/mol. The summed E-state index contributed by atoms with van der Waals surface area (Å²) in [5.41, 5.74) is 3.62. The van der Waals surface area contributed by atoms with Gasteiger partial charge in [-0.05, 0) is 24.0 Å². The van der Waals surface area contributed by atoms with E-state index in [4.69, 9.17) is 4.42 Å². The summed E-state index contributed by atoms with van der Waals surface area (Å²) in [6.07, 6.45) is 1.41. The Morgan fingerprint density at radius 3 is 2.56 bits per heavy atom. The van der Waals surface area contributed by atoms with Crippen LogP contribution < -0.4 is 5.11 Å². The van der Waals surface area contributed by atoms with Crippen LogP contribution in [0.2, 0.25) is 0 Å². The van der Waals surface area contributed by atoms with Gasteiger partial charge >= 0.3 is 0 Å². The first-order chi connectivity index (χ1) is 8.29. The van der Waals surface area contributed by atoms with E-state index < -0.39 is 5.97 Å². The van der Waals surface area contributed by atoms with E-state index in [1.807, 2.05) is 13.0 Å². The fraction of sp³-hybridized carbons (Fsp3) is 0.400. The van der Waals surface area contributed by atoms with E-state index in [1.165, 1.54) is 6.26 Å². The van der Waals surface area contributed by atoms with E-state index in [0.29, 0.717) is 5.56 Å². The molecule has 0 spiro atoms. The molecule has 1 aromatic carbocycles.